The van der Waals surface area contributed by atoms with Gasteiger partial charge in [0.05, 0.1) is 35.6 Å². The van der Waals surface area contributed by atoms with Crippen LogP contribution in [0.1, 0.15) is 0 Å². The van der Waals surface area contributed by atoms with Gasteiger partial charge in [0, 0.05) is 33.2 Å². The Kier molecular flexibility index (Phi) is 3.56. The summed E-state index contributed by atoms with van der Waals surface area (Å²) < 4.78 is 4.01. The normalized spacial score (nSPS) is 16.0. The van der Waals surface area contributed by atoms with E-state index >= 15 is 0 Å². The molecular formula is C18H20N8. The quantitative estimate of drug-likeness (QED) is 0.559. The third-order valence-corrected chi connectivity index (χ3v) is 5.06. The zero-order valence-electron chi connectivity index (χ0n) is 14.7. The number of piperazine rings is 1. The first-order valence-electron chi connectivity index (χ1n) is 8.79. The molecule has 3 aromatic heterocycles. The number of imidazole rings is 1. The number of rotatable bonds is 3. The summed E-state index contributed by atoms with van der Waals surface area (Å²) >= 11 is 0. The minimum atomic E-state index is 0.862. The lowest BCUT2D eigenvalue weighted by Crippen LogP contribution is -2.47. The first kappa shape index (κ1) is 15.3. The van der Waals surface area contributed by atoms with Gasteiger partial charge in [-0.2, -0.15) is 5.10 Å². The van der Waals surface area contributed by atoms with Crippen molar-refractivity contribution in [2.24, 2.45) is 7.05 Å². The van der Waals surface area contributed by atoms with Crippen molar-refractivity contribution in [1.29, 1.82) is 0 Å². The van der Waals surface area contributed by atoms with Crippen LogP contribution in [0.2, 0.25) is 0 Å². The minimum absolute atomic E-state index is 0.862. The molecule has 0 N–H and O–H groups in total. The Hall–Kier alpha value is -3.00. The molecule has 0 saturated carbocycles. The lowest BCUT2D eigenvalue weighted by atomic mass is 10.3. The monoisotopic (exact) mass is 348 g/mol. The van der Waals surface area contributed by atoms with Crippen molar-refractivity contribution in [3.8, 4) is 0 Å². The second-order valence-electron chi connectivity index (χ2n) is 6.65. The number of aromatic nitrogens is 6. The largest absolute Gasteiger partial charge is 0.353 e. The number of benzene rings is 1. The van der Waals surface area contributed by atoms with Gasteiger partial charge in [0.15, 0.2) is 5.65 Å². The van der Waals surface area contributed by atoms with E-state index < -0.39 is 0 Å². The van der Waals surface area contributed by atoms with Gasteiger partial charge in [-0.1, -0.05) is 12.1 Å². The second kappa shape index (κ2) is 6.06. The van der Waals surface area contributed by atoms with Crippen LogP contribution in [0.25, 0.3) is 22.1 Å². The van der Waals surface area contributed by atoms with Crippen LogP contribution in [0.15, 0.2) is 43.1 Å². The predicted octanol–water partition coefficient (Wildman–Crippen LogP) is 1.49. The molecule has 8 heteroatoms. The zero-order valence-corrected chi connectivity index (χ0v) is 14.7. The number of fused-ring (bicyclic) bond motifs is 2. The zero-order chi connectivity index (χ0) is 17.5. The van der Waals surface area contributed by atoms with E-state index in [1.54, 1.807) is 11.0 Å². The Balaban J connectivity index is 1.31. The maximum absolute atomic E-state index is 4.51. The highest BCUT2D eigenvalue weighted by Gasteiger charge is 2.21. The number of aryl methyl sites for hydroxylation is 1. The van der Waals surface area contributed by atoms with E-state index in [0.717, 1.165) is 55.2 Å². The van der Waals surface area contributed by atoms with Crippen LogP contribution in [0.3, 0.4) is 0 Å². The molecular weight excluding hydrogens is 328 g/mol. The molecule has 1 aliphatic heterocycles. The molecule has 4 heterocycles. The summed E-state index contributed by atoms with van der Waals surface area (Å²) in [6.45, 7) is 4.71. The molecule has 0 aliphatic carbocycles. The Morgan fingerprint density at radius 3 is 2.73 bits per heavy atom. The molecule has 4 aromatic rings. The SMILES string of the molecule is Cn1ncc2c(N3CCN(Cn4cnc5ccccc54)CC3)ncnc21. The number of hydrogen-bond acceptors (Lipinski definition) is 6. The van der Waals surface area contributed by atoms with Gasteiger partial charge in [0.1, 0.15) is 12.1 Å². The van der Waals surface area contributed by atoms with Crippen molar-refractivity contribution in [3.05, 3.63) is 43.1 Å². The summed E-state index contributed by atoms with van der Waals surface area (Å²) in [6.07, 6.45) is 5.42. The molecule has 1 aliphatic rings. The summed E-state index contributed by atoms with van der Waals surface area (Å²) in [5.41, 5.74) is 3.11. The highest BCUT2D eigenvalue weighted by Crippen LogP contribution is 2.23. The summed E-state index contributed by atoms with van der Waals surface area (Å²) in [4.78, 5) is 18.1. The Labute approximate surface area is 150 Å². The van der Waals surface area contributed by atoms with E-state index in [0.29, 0.717) is 0 Å². The van der Waals surface area contributed by atoms with Crippen LogP contribution in [0.4, 0.5) is 5.82 Å². The molecule has 0 unspecified atom stereocenters. The van der Waals surface area contributed by atoms with E-state index in [4.69, 9.17) is 0 Å². The van der Waals surface area contributed by atoms with Crippen molar-refractivity contribution in [2.45, 2.75) is 6.67 Å². The third kappa shape index (κ3) is 2.50. The van der Waals surface area contributed by atoms with Crippen LogP contribution >= 0.6 is 0 Å². The van der Waals surface area contributed by atoms with Gasteiger partial charge in [-0.25, -0.2) is 15.0 Å². The minimum Gasteiger partial charge on any atom is -0.353 e. The second-order valence-corrected chi connectivity index (χ2v) is 6.65. The summed E-state index contributed by atoms with van der Waals surface area (Å²) in [5, 5.41) is 5.33. The molecule has 0 amide bonds. The Bertz CT molecular complexity index is 1060. The highest BCUT2D eigenvalue weighted by atomic mass is 15.3. The standard InChI is InChI=1S/C18H20N8/c1-23-17-14(10-22-23)18(20-11-19-17)25-8-6-24(7-9-25)13-26-12-21-15-4-2-3-5-16(15)26/h2-5,10-12H,6-9,13H2,1H3. The number of nitrogens with zero attached hydrogens (tertiary/aromatic N) is 8. The molecule has 0 spiro atoms. The fourth-order valence-corrected chi connectivity index (χ4v) is 3.64. The van der Waals surface area contributed by atoms with E-state index in [9.17, 15) is 0 Å². The summed E-state index contributed by atoms with van der Waals surface area (Å²) in [6, 6.07) is 8.27. The van der Waals surface area contributed by atoms with Crippen LogP contribution in [0.5, 0.6) is 0 Å². The van der Waals surface area contributed by atoms with Gasteiger partial charge in [-0.05, 0) is 12.1 Å². The fourth-order valence-electron chi connectivity index (χ4n) is 3.64. The molecule has 1 saturated heterocycles. The van der Waals surface area contributed by atoms with Crippen LogP contribution in [-0.4, -0.2) is 60.4 Å². The Morgan fingerprint density at radius 1 is 1.00 bits per heavy atom. The first-order chi connectivity index (χ1) is 12.8. The molecule has 132 valence electrons. The lowest BCUT2D eigenvalue weighted by molar-refractivity contribution is 0.208. The summed E-state index contributed by atoms with van der Waals surface area (Å²) in [5.74, 6) is 0.982. The topological polar surface area (TPSA) is 67.9 Å². The van der Waals surface area contributed by atoms with Crippen LogP contribution in [0, 0.1) is 0 Å². The number of para-hydroxylation sites is 2. The molecule has 0 atom stereocenters. The number of hydrogen-bond donors (Lipinski definition) is 0. The van der Waals surface area contributed by atoms with Crippen molar-refractivity contribution >= 4 is 27.9 Å². The van der Waals surface area contributed by atoms with E-state index in [2.05, 4.69) is 52.6 Å². The van der Waals surface area contributed by atoms with E-state index in [1.165, 1.54) is 5.52 Å². The third-order valence-electron chi connectivity index (χ3n) is 5.06. The maximum Gasteiger partial charge on any atom is 0.163 e. The average Bonchev–Trinajstić information content (AvgIpc) is 3.27. The van der Waals surface area contributed by atoms with Crippen molar-refractivity contribution in [3.63, 3.8) is 0 Å². The van der Waals surface area contributed by atoms with Crippen molar-refractivity contribution in [2.75, 3.05) is 31.1 Å². The molecule has 0 radical (unpaired) electrons. The molecule has 0 bridgehead atoms. The van der Waals surface area contributed by atoms with Crippen molar-refractivity contribution < 1.29 is 0 Å². The van der Waals surface area contributed by atoms with Gasteiger partial charge in [-0.3, -0.25) is 9.58 Å². The van der Waals surface area contributed by atoms with Gasteiger partial charge < -0.3 is 9.47 Å². The molecule has 1 fully saturated rings. The van der Waals surface area contributed by atoms with Gasteiger partial charge in [-0.15, -0.1) is 0 Å². The molecule has 5 rings (SSSR count). The van der Waals surface area contributed by atoms with E-state index in [1.807, 2.05) is 25.6 Å². The maximum atomic E-state index is 4.51. The van der Waals surface area contributed by atoms with Gasteiger partial charge >= 0.3 is 0 Å². The summed E-state index contributed by atoms with van der Waals surface area (Å²) in [7, 11) is 1.91. The van der Waals surface area contributed by atoms with Crippen molar-refractivity contribution in [1.82, 2.24) is 34.2 Å². The van der Waals surface area contributed by atoms with E-state index in [-0.39, 0.29) is 0 Å². The highest BCUT2D eigenvalue weighted by molar-refractivity contribution is 5.86. The van der Waals surface area contributed by atoms with Gasteiger partial charge in [0.2, 0.25) is 0 Å². The predicted molar refractivity (Wildman–Crippen MR) is 99.8 cm³/mol. The number of anilines is 1. The fraction of sp³-hybridized carbons (Fsp3) is 0.333. The average molecular weight is 348 g/mol. The first-order valence-corrected chi connectivity index (χ1v) is 8.79. The van der Waals surface area contributed by atoms with Gasteiger partial charge in [0.25, 0.3) is 0 Å². The lowest BCUT2D eigenvalue weighted by Gasteiger charge is -2.35. The van der Waals surface area contributed by atoms with Crippen LogP contribution < -0.4 is 4.90 Å². The van der Waals surface area contributed by atoms with Crippen LogP contribution in [-0.2, 0) is 13.7 Å². The Morgan fingerprint density at radius 2 is 1.85 bits per heavy atom. The molecule has 26 heavy (non-hydrogen) atoms. The smallest absolute Gasteiger partial charge is 0.163 e. The molecule has 8 nitrogen and oxygen atoms in total. The molecule has 1 aromatic carbocycles.